The summed E-state index contributed by atoms with van der Waals surface area (Å²) in [5.41, 5.74) is 2.46. The number of unbranched alkanes of at least 4 members (excludes halogenated alkanes) is 1. The Hall–Kier alpha value is -2.37. The Morgan fingerprint density at radius 3 is 2.65 bits per heavy atom. The number of benzene rings is 1. The molecule has 1 heterocycles. The van der Waals surface area contributed by atoms with Crippen LogP contribution in [0.1, 0.15) is 36.7 Å². The Balaban J connectivity index is 1.95. The lowest BCUT2D eigenvalue weighted by atomic mass is 10.1. The Bertz CT molecular complexity index is 614. The maximum Gasteiger partial charge on any atom is 0.191 e. The van der Waals surface area contributed by atoms with Crippen LogP contribution in [0.2, 0.25) is 0 Å². The summed E-state index contributed by atoms with van der Waals surface area (Å²) >= 11 is 0. The standard InChI is InChI=1S/C17H26N6/c1-4-5-10-18-17(20-12-16-21-13-22-23(16)3)19-11-15-8-6-14(2)7-9-15/h6-9,13H,4-5,10-12H2,1-3H3,(H2,18,19,20). The first-order chi connectivity index (χ1) is 11.2. The van der Waals surface area contributed by atoms with Gasteiger partial charge in [0.1, 0.15) is 12.2 Å². The zero-order valence-corrected chi connectivity index (χ0v) is 14.2. The summed E-state index contributed by atoms with van der Waals surface area (Å²) in [5, 5.41) is 10.8. The minimum absolute atomic E-state index is 0.600. The third-order valence-corrected chi connectivity index (χ3v) is 3.58. The monoisotopic (exact) mass is 314 g/mol. The average Bonchev–Trinajstić information content (AvgIpc) is 2.96. The van der Waals surface area contributed by atoms with E-state index < -0.39 is 0 Å². The second-order valence-electron chi connectivity index (χ2n) is 5.58. The lowest BCUT2D eigenvalue weighted by Gasteiger charge is -2.12. The third-order valence-electron chi connectivity index (χ3n) is 3.58. The van der Waals surface area contributed by atoms with Gasteiger partial charge in [0.15, 0.2) is 5.96 Å². The first-order valence-corrected chi connectivity index (χ1v) is 8.09. The van der Waals surface area contributed by atoms with E-state index in [1.807, 2.05) is 7.05 Å². The normalized spacial score (nSPS) is 11.5. The van der Waals surface area contributed by atoms with Gasteiger partial charge in [-0.2, -0.15) is 5.10 Å². The number of nitrogens with one attached hydrogen (secondary N) is 2. The molecule has 0 fully saturated rings. The zero-order valence-electron chi connectivity index (χ0n) is 14.2. The van der Waals surface area contributed by atoms with Gasteiger partial charge in [-0.25, -0.2) is 9.98 Å². The van der Waals surface area contributed by atoms with Crippen molar-refractivity contribution in [2.75, 3.05) is 6.54 Å². The van der Waals surface area contributed by atoms with E-state index in [0.29, 0.717) is 13.1 Å². The molecule has 2 N–H and O–H groups in total. The summed E-state index contributed by atoms with van der Waals surface area (Å²) in [7, 11) is 1.89. The SMILES string of the molecule is CCCCNC(=NCc1ccc(C)cc1)NCc1ncnn1C. The number of aromatic nitrogens is 3. The van der Waals surface area contributed by atoms with E-state index in [-0.39, 0.29) is 0 Å². The fourth-order valence-corrected chi connectivity index (χ4v) is 2.06. The molecule has 6 nitrogen and oxygen atoms in total. The van der Waals surface area contributed by atoms with Crippen LogP contribution in [-0.4, -0.2) is 27.3 Å². The molecule has 0 amide bonds. The second-order valence-corrected chi connectivity index (χ2v) is 5.58. The average molecular weight is 314 g/mol. The van der Waals surface area contributed by atoms with Crippen molar-refractivity contribution in [2.45, 2.75) is 39.8 Å². The molecule has 1 aromatic carbocycles. The van der Waals surface area contributed by atoms with Crippen LogP contribution < -0.4 is 10.6 Å². The highest BCUT2D eigenvalue weighted by molar-refractivity contribution is 5.79. The van der Waals surface area contributed by atoms with Gasteiger partial charge in [0.05, 0.1) is 13.1 Å². The predicted octanol–water partition coefficient (Wildman–Crippen LogP) is 2.16. The Labute approximate surface area is 138 Å². The van der Waals surface area contributed by atoms with Gasteiger partial charge in [-0.3, -0.25) is 4.68 Å². The van der Waals surface area contributed by atoms with Gasteiger partial charge in [-0.05, 0) is 18.9 Å². The molecule has 0 bridgehead atoms. The lowest BCUT2D eigenvalue weighted by Crippen LogP contribution is -2.38. The van der Waals surface area contributed by atoms with Gasteiger partial charge in [-0.15, -0.1) is 0 Å². The van der Waals surface area contributed by atoms with E-state index in [1.54, 1.807) is 11.0 Å². The fraction of sp³-hybridized carbons (Fsp3) is 0.471. The number of hydrogen-bond acceptors (Lipinski definition) is 3. The van der Waals surface area contributed by atoms with E-state index in [2.05, 4.69) is 63.8 Å². The van der Waals surface area contributed by atoms with E-state index >= 15 is 0 Å². The maximum absolute atomic E-state index is 4.66. The molecule has 2 aromatic rings. The maximum atomic E-state index is 4.66. The molecule has 0 aliphatic heterocycles. The van der Waals surface area contributed by atoms with Crippen LogP contribution in [0.15, 0.2) is 35.6 Å². The van der Waals surface area contributed by atoms with Crippen molar-refractivity contribution in [1.29, 1.82) is 0 Å². The van der Waals surface area contributed by atoms with Crippen molar-refractivity contribution in [1.82, 2.24) is 25.4 Å². The molecule has 0 spiro atoms. The highest BCUT2D eigenvalue weighted by atomic mass is 15.3. The first-order valence-electron chi connectivity index (χ1n) is 8.09. The van der Waals surface area contributed by atoms with Crippen LogP contribution in [0.4, 0.5) is 0 Å². The molecule has 124 valence electrons. The molecule has 2 rings (SSSR count). The molecule has 0 saturated carbocycles. The van der Waals surface area contributed by atoms with Gasteiger partial charge in [0, 0.05) is 13.6 Å². The minimum Gasteiger partial charge on any atom is -0.356 e. The number of guanidine groups is 1. The van der Waals surface area contributed by atoms with E-state index in [1.165, 1.54) is 11.1 Å². The fourth-order valence-electron chi connectivity index (χ4n) is 2.06. The smallest absolute Gasteiger partial charge is 0.191 e. The molecule has 23 heavy (non-hydrogen) atoms. The summed E-state index contributed by atoms with van der Waals surface area (Å²) in [6, 6.07) is 8.46. The molecule has 0 saturated heterocycles. The molecule has 0 unspecified atom stereocenters. The minimum atomic E-state index is 0.600. The van der Waals surface area contributed by atoms with Crippen molar-refractivity contribution in [2.24, 2.45) is 12.0 Å². The molecule has 1 aromatic heterocycles. The number of aliphatic imine (C=N–C) groups is 1. The summed E-state index contributed by atoms with van der Waals surface area (Å²) in [6.45, 7) is 6.43. The number of hydrogen-bond donors (Lipinski definition) is 2. The van der Waals surface area contributed by atoms with Crippen molar-refractivity contribution in [3.8, 4) is 0 Å². The molecule has 0 atom stereocenters. The Kier molecular flexibility index (Phi) is 6.59. The predicted molar refractivity (Wildman–Crippen MR) is 93.1 cm³/mol. The highest BCUT2D eigenvalue weighted by Gasteiger charge is 2.03. The molecule has 0 aliphatic rings. The van der Waals surface area contributed by atoms with Gasteiger partial charge in [-0.1, -0.05) is 43.2 Å². The summed E-state index contributed by atoms with van der Waals surface area (Å²) in [5.74, 6) is 1.69. The Morgan fingerprint density at radius 2 is 2.00 bits per heavy atom. The van der Waals surface area contributed by atoms with E-state index in [9.17, 15) is 0 Å². The highest BCUT2D eigenvalue weighted by Crippen LogP contribution is 2.04. The van der Waals surface area contributed by atoms with Crippen LogP contribution in [0, 0.1) is 6.92 Å². The number of rotatable bonds is 7. The van der Waals surface area contributed by atoms with Crippen molar-refractivity contribution < 1.29 is 0 Å². The van der Waals surface area contributed by atoms with Crippen LogP contribution in [0.25, 0.3) is 0 Å². The molecule has 6 heteroatoms. The summed E-state index contributed by atoms with van der Waals surface area (Å²) in [4.78, 5) is 8.88. The topological polar surface area (TPSA) is 67.1 Å². The van der Waals surface area contributed by atoms with Gasteiger partial charge >= 0.3 is 0 Å². The van der Waals surface area contributed by atoms with Crippen molar-refractivity contribution >= 4 is 5.96 Å². The van der Waals surface area contributed by atoms with Crippen molar-refractivity contribution in [3.05, 3.63) is 47.5 Å². The first kappa shape index (κ1) is 17.0. The van der Waals surface area contributed by atoms with Gasteiger partial charge in [0.2, 0.25) is 0 Å². The zero-order chi connectivity index (χ0) is 16.5. The van der Waals surface area contributed by atoms with E-state index in [0.717, 1.165) is 31.2 Å². The molecular formula is C17H26N6. The third kappa shape index (κ3) is 5.73. The van der Waals surface area contributed by atoms with Crippen LogP contribution >= 0.6 is 0 Å². The Morgan fingerprint density at radius 1 is 1.22 bits per heavy atom. The molecular weight excluding hydrogens is 288 g/mol. The quantitative estimate of drug-likeness (QED) is 0.467. The van der Waals surface area contributed by atoms with Crippen LogP contribution in [-0.2, 0) is 20.1 Å². The summed E-state index contributed by atoms with van der Waals surface area (Å²) < 4.78 is 1.76. The van der Waals surface area contributed by atoms with Crippen LogP contribution in [0.5, 0.6) is 0 Å². The summed E-state index contributed by atoms with van der Waals surface area (Å²) in [6.07, 6.45) is 3.83. The number of nitrogens with zero attached hydrogens (tertiary/aromatic N) is 4. The van der Waals surface area contributed by atoms with Gasteiger partial charge in [0.25, 0.3) is 0 Å². The van der Waals surface area contributed by atoms with E-state index in [4.69, 9.17) is 0 Å². The number of aryl methyl sites for hydroxylation is 2. The molecule has 0 radical (unpaired) electrons. The van der Waals surface area contributed by atoms with Crippen LogP contribution in [0.3, 0.4) is 0 Å². The van der Waals surface area contributed by atoms with Crippen molar-refractivity contribution in [3.63, 3.8) is 0 Å². The molecule has 0 aliphatic carbocycles. The van der Waals surface area contributed by atoms with Gasteiger partial charge < -0.3 is 10.6 Å². The largest absolute Gasteiger partial charge is 0.356 e. The lowest BCUT2D eigenvalue weighted by molar-refractivity contribution is 0.665. The second kappa shape index (κ2) is 8.92.